The Hall–Kier alpha value is -1.68. The molecule has 0 bridgehead atoms. The van der Waals surface area contributed by atoms with Gasteiger partial charge in [-0.05, 0) is 44.9 Å². The van der Waals surface area contributed by atoms with Crippen LogP contribution in [0.3, 0.4) is 0 Å². The molecule has 0 aliphatic carbocycles. The fraction of sp³-hybridized carbons (Fsp3) is 0.286. The molecule has 2 rings (SSSR count). The second-order valence-corrected chi connectivity index (χ2v) is 5.61. The number of carbonyl (C=O) groups is 1. The number of rotatable bonds is 2. The molecule has 0 atom stereocenters. The number of thiazole rings is 1. The lowest BCUT2D eigenvalue weighted by Gasteiger charge is -1.98. The molecule has 1 N–H and O–H groups in total. The molecule has 0 spiro atoms. The van der Waals surface area contributed by atoms with Crippen LogP contribution in [-0.2, 0) is 4.79 Å². The number of aromatic nitrogens is 1. The summed E-state index contributed by atoms with van der Waals surface area (Å²) in [5, 5.41) is 3.46. The maximum Gasteiger partial charge on any atom is 0.250 e. The number of aryl methyl sites for hydroxylation is 2. The number of fused-ring (bicyclic) bond motifs is 1. The summed E-state index contributed by atoms with van der Waals surface area (Å²) in [5.74, 6) is -0.122. The van der Waals surface area contributed by atoms with Crippen molar-refractivity contribution in [1.29, 1.82) is 0 Å². The van der Waals surface area contributed by atoms with Gasteiger partial charge in [0.2, 0.25) is 5.91 Å². The Kier molecular flexibility index (Phi) is 3.48. The number of hydrogen-bond acceptors (Lipinski definition) is 3. The minimum absolute atomic E-state index is 0.122. The van der Waals surface area contributed by atoms with E-state index in [4.69, 9.17) is 0 Å². The summed E-state index contributed by atoms with van der Waals surface area (Å²) in [4.78, 5) is 16.1. The van der Waals surface area contributed by atoms with Crippen LogP contribution in [0, 0.1) is 13.8 Å². The molecule has 1 aromatic carbocycles. The van der Waals surface area contributed by atoms with Gasteiger partial charge < -0.3 is 0 Å². The Bertz CT molecular complexity index is 637. The van der Waals surface area contributed by atoms with Crippen LogP contribution in [-0.4, -0.2) is 10.9 Å². The third kappa shape index (κ3) is 2.59. The van der Waals surface area contributed by atoms with E-state index in [0.717, 1.165) is 15.8 Å². The van der Waals surface area contributed by atoms with E-state index in [1.54, 1.807) is 6.08 Å². The van der Waals surface area contributed by atoms with Gasteiger partial charge in [-0.25, -0.2) is 4.98 Å². The summed E-state index contributed by atoms with van der Waals surface area (Å²) in [6.07, 6.45) is 1.57. The van der Waals surface area contributed by atoms with E-state index >= 15 is 0 Å². The Labute approximate surface area is 111 Å². The van der Waals surface area contributed by atoms with E-state index < -0.39 is 0 Å². The van der Waals surface area contributed by atoms with Gasteiger partial charge in [0.05, 0.1) is 10.2 Å². The van der Waals surface area contributed by atoms with Crippen molar-refractivity contribution in [3.8, 4) is 0 Å². The van der Waals surface area contributed by atoms with Gasteiger partial charge in [0, 0.05) is 6.08 Å². The van der Waals surface area contributed by atoms with Crippen molar-refractivity contribution in [2.24, 2.45) is 0 Å². The fourth-order valence-electron chi connectivity index (χ4n) is 1.68. The minimum Gasteiger partial charge on any atom is -0.298 e. The van der Waals surface area contributed by atoms with Crippen LogP contribution < -0.4 is 5.32 Å². The van der Waals surface area contributed by atoms with Crippen molar-refractivity contribution in [2.45, 2.75) is 27.7 Å². The molecule has 1 heterocycles. The van der Waals surface area contributed by atoms with Gasteiger partial charge in [-0.15, -0.1) is 0 Å². The summed E-state index contributed by atoms with van der Waals surface area (Å²) in [7, 11) is 0. The van der Waals surface area contributed by atoms with Crippen LogP contribution in [0.2, 0.25) is 0 Å². The highest BCUT2D eigenvalue weighted by molar-refractivity contribution is 7.22. The van der Waals surface area contributed by atoms with Gasteiger partial charge in [0.25, 0.3) is 0 Å². The number of nitrogens with zero attached hydrogens (tertiary/aromatic N) is 1. The van der Waals surface area contributed by atoms with Gasteiger partial charge in [0.1, 0.15) is 0 Å². The molecule has 1 amide bonds. The molecule has 3 nitrogen and oxygen atoms in total. The molecule has 0 fully saturated rings. The molecule has 2 aromatic rings. The van der Waals surface area contributed by atoms with E-state index in [2.05, 4.69) is 30.2 Å². The molecule has 1 aromatic heterocycles. The van der Waals surface area contributed by atoms with Crippen LogP contribution in [0.4, 0.5) is 5.13 Å². The average molecular weight is 260 g/mol. The van der Waals surface area contributed by atoms with Crippen molar-refractivity contribution in [1.82, 2.24) is 4.98 Å². The largest absolute Gasteiger partial charge is 0.298 e. The first-order valence-electron chi connectivity index (χ1n) is 5.80. The Morgan fingerprint density at radius 1 is 1.33 bits per heavy atom. The highest BCUT2D eigenvalue weighted by Crippen LogP contribution is 2.29. The van der Waals surface area contributed by atoms with Crippen molar-refractivity contribution in [3.63, 3.8) is 0 Å². The smallest absolute Gasteiger partial charge is 0.250 e. The van der Waals surface area contributed by atoms with Crippen molar-refractivity contribution >= 4 is 32.6 Å². The SMILES string of the molecule is CC(C)=CC(=O)Nc1nc2c(C)c(C)ccc2s1. The predicted octanol–water partition coefficient (Wildman–Crippen LogP) is 3.82. The number of nitrogens with one attached hydrogen (secondary N) is 1. The standard InChI is InChI=1S/C14H16N2OS/c1-8(2)7-12(17)15-14-16-13-10(4)9(3)5-6-11(13)18-14/h5-7H,1-4H3,(H,15,16,17). The van der Waals surface area contributed by atoms with Gasteiger partial charge >= 0.3 is 0 Å². The number of carbonyl (C=O) groups excluding carboxylic acids is 1. The lowest BCUT2D eigenvalue weighted by Crippen LogP contribution is -2.07. The molecule has 0 radical (unpaired) electrons. The summed E-state index contributed by atoms with van der Waals surface area (Å²) in [6, 6.07) is 4.13. The first kappa shape index (κ1) is 12.8. The molecular formula is C14H16N2OS. The third-order valence-electron chi connectivity index (χ3n) is 2.73. The Morgan fingerprint density at radius 2 is 2.06 bits per heavy atom. The van der Waals surface area contributed by atoms with Gasteiger partial charge in [0.15, 0.2) is 5.13 Å². The topological polar surface area (TPSA) is 42.0 Å². The lowest BCUT2D eigenvalue weighted by atomic mass is 10.1. The van der Waals surface area contributed by atoms with Crippen LogP contribution >= 0.6 is 11.3 Å². The van der Waals surface area contributed by atoms with E-state index in [9.17, 15) is 4.79 Å². The molecule has 4 heteroatoms. The third-order valence-corrected chi connectivity index (χ3v) is 3.67. The summed E-state index contributed by atoms with van der Waals surface area (Å²) < 4.78 is 1.10. The molecule has 0 unspecified atom stereocenters. The first-order valence-corrected chi connectivity index (χ1v) is 6.61. The zero-order valence-corrected chi connectivity index (χ0v) is 11.8. The average Bonchev–Trinajstić information content (AvgIpc) is 2.66. The zero-order chi connectivity index (χ0) is 13.3. The molecule has 0 saturated carbocycles. The number of anilines is 1. The second kappa shape index (κ2) is 4.90. The first-order chi connectivity index (χ1) is 8.47. The number of benzene rings is 1. The Balaban J connectivity index is 2.34. The normalized spacial score (nSPS) is 10.4. The van der Waals surface area contributed by atoms with Crippen LogP contribution in [0.25, 0.3) is 10.2 Å². The van der Waals surface area contributed by atoms with E-state index in [1.165, 1.54) is 22.5 Å². The van der Waals surface area contributed by atoms with Gasteiger partial charge in [-0.3, -0.25) is 10.1 Å². The van der Waals surface area contributed by atoms with Crippen LogP contribution in [0.15, 0.2) is 23.8 Å². The van der Waals surface area contributed by atoms with Gasteiger partial charge in [-0.1, -0.05) is 23.0 Å². The van der Waals surface area contributed by atoms with E-state index in [-0.39, 0.29) is 5.91 Å². The quantitative estimate of drug-likeness (QED) is 0.834. The highest BCUT2D eigenvalue weighted by Gasteiger charge is 2.09. The fourth-order valence-corrected chi connectivity index (χ4v) is 2.61. The van der Waals surface area contributed by atoms with E-state index in [0.29, 0.717) is 5.13 Å². The summed E-state index contributed by atoms with van der Waals surface area (Å²) in [5.41, 5.74) is 4.34. The summed E-state index contributed by atoms with van der Waals surface area (Å²) >= 11 is 1.50. The van der Waals surface area contributed by atoms with Crippen molar-refractivity contribution in [3.05, 3.63) is 34.9 Å². The highest BCUT2D eigenvalue weighted by atomic mass is 32.1. The molecule has 94 valence electrons. The minimum atomic E-state index is -0.122. The lowest BCUT2D eigenvalue weighted by molar-refractivity contribution is -0.111. The van der Waals surface area contributed by atoms with Crippen molar-refractivity contribution < 1.29 is 4.79 Å². The Morgan fingerprint density at radius 3 is 2.72 bits per heavy atom. The number of hydrogen-bond donors (Lipinski definition) is 1. The molecular weight excluding hydrogens is 244 g/mol. The predicted molar refractivity (Wildman–Crippen MR) is 77.2 cm³/mol. The maximum atomic E-state index is 11.6. The molecule has 0 aliphatic rings. The van der Waals surface area contributed by atoms with Gasteiger partial charge in [-0.2, -0.15) is 0 Å². The van der Waals surface area contributed by atoms with Crippen molar-refractivity contribution in [2.75, 3.05) is 5.32 Å². The molecule has 0 saturated heterocycles. The monoisotopic (exact) mass is 260 g/mol. The molecule has 0 aliphatic heterocycles. The maximum absolute atomic E-state index is 11.6. The summed E-state index contributed by atoms with van der Waals surface area (Å²) in [6.45, 7) is 7.91. The van der Waals surface area contributed by atoms with E-state index in [1.807, 2.05) is 19.9 Å². The second-order valence-electron chi connectivity index (χ2n) is 4.58. The molecule has 18 heavy (non-hydrogen) atoms. The number of allylic oxidation sites excluding steroid dienone is 1. The van der Waals surface area contributed by atoms with Crippen LogP contribution in [0.5, 0.6) is 0 Å². The zero-order valence-electron chi connectivity index (χ0n) is 11.0. The van der Waals surface area contributed by atoms with Crippen LogP contribution in [0.1, 0.15) is 25.0 Å². The number of amides is 1.